The van der Waals surface area contributed by atoms with Crippen molar-refractivity contribution in [2.24, 2.45) is 0 Å². The first-order valence-corrected chi connectivity index (χ1v) is 5.18. The van der Waals surface area contributed by atoms with Gasteiger partial charge < -0.3 is 9.47 Å². The van der Waals surface area contributed by atoms with Crippen molar-refractivity contribution in [1.29, 1.82) is 0 Å². The summed E-state index contributed by atoms with van der Waals surface area (Å²) in [7, 11) is 0. The van der Waals surface area contributed by atoms with Crippen LogP contribution < -0.4 is 0 Å². The third-order valence-electron chi connectivity index (χ3n) is 1.75. The predicted molar refractivity (Wildman–Crippen MR) is 56.0 cm³/mol. The summed E-state index contributed by atoms with van der Waals surface area (Å²) in [6.07, 6.45) is 6.80. The molecule has 0 radical (unpaired) electrons. The van der Waals surface area contributed by atoms with Crippen LogP contribution in [0.2, 0.25) is 0 Å². The van der Waals surface area contributed by atoms with Gasteiger partial charge in [0.15, 0.2) is 0 Å². The van der Waals surface area contributed by atoms with Gasteiger partial charge in [-0.05, 0) is 6.42 Å². The first kappa shape index (κ1) is 12.7. The predicted octanol–water partition coefficient (Wildman–Crippen LogP) is 2.79. The van der Waals surface area contributed by atoms with Gasteiger partial charge in [0.2, 0.25) is 0 Å². The van der Waals surface area contributed by atoms with Crippen LogP contribution >= 0.6 is 0 Å². The molecular weight excluding hydrogens is 164 g/mol. The van der Waals surface area contributed by atoms with Crippen LogP contribution in [0.5, 0.6) is 0 Å². The van der Waals surface area contributed by atoms with Crippen LogP contribution in [0, 0.1) is 0 Å². The molecule has 0 aromatic rings. The van der Waals surface area contributed by atoms with Crippen LogP contribution in [0.15, 0.2) is 12.7 Å². The first-order chi connectivity index (χ1) is 6.41. The van der Waals surface area contributed by atoms with E-state index in [0.717, 1.165) is 6.61 Å². The summed E-state index contributed by atoms with van der Waals surface area (Å²) in [5.41, 5.74) is 0. The van der Waals surface area contributed by atoms with E-state index < -0.39 is 0 Å². The lowest BCUT2D eigenvalue weighted by Crippen LogP contribution is -2.05. The zero-order valence-corrected chi connectivity index (χ0v) is 8.76. The van der Waals surface area contributed by atoms with E-state index in [1.165, 1.54) is 25.7 Å². The molecule has 0 heterocycles. The van der Waals surface area contributed by atoms with Gasteiger partial charge in [0.1, 0.15) is 0 Å². The highest BCUT2D eigenvalue weighted by Crippen LogP contribution is 1.98. The standard InChI is InChI=1S/C11H22O2/c1-3-5-6-7-9-13-11-10-12-8-4-2/h4H,2-3,5-11H2,1H3. The maximum atomic E-state index is 5.37. The van der Waals surface area contributed by atoms with Crippen LogP contribution in [0.25, 0.3) is 0 Å². The molecule has 0 aliphatic carbocycles. The zero-order chi connectivity index (χ0) is 9.78. The van der Waals surface area contributed by atoms with E-state index in [1.54, 1.807) is 6.08 Å². The van der Waals surface area contributed by atoms with Crippen molar-refractivity contribution < 1.29 is 9.47 Å². The highest BCUT2D eigenvalue weighted by atomic mass is 16.5. The Hall–Kier alpha value is -0.340. The lowest BCUT2D eigenvalue weighted by atomic mass is 10.2. The summed E-state index contributed by atoms with van der Waals surface area (Å²) < 4.78 is 10.5. The van der Waals surface area contributed by atoms with Crippen molar-refractivity contribution >= 4 is 0 Å². The normalized spacial score (nSPS) is 10.2. The highest BCUT2D eigenvalue weighted by Gasteiger charge is 1.89. The molecule has 0 spiro atoms. The van der Waals surface area contributed by atoms with Crippen molar-refractivity contribution in [1.82, 2.24) is 0 Å². The van der Waals surface area contributed by atoms with E-state index in [1.807, 2.05) is 0 Å². The maximum Gasteiger partial charge on any atom is 0.0704 e. The van der Waals surface area contributed by atoms with E-state index in [4.69, 9.17) is 9.47 Å². The Morgan fingerprint density at radius 1 is 1.00 bits per heavy atom. The summed E-state index contributed by atoms with van der Waals surface area (Å²) >= 11 is 0. The van der Waals surface area contributed by atoms with Gasteiger partial charge in [-0.25, -0.2) is 0 Å². The second kappa shape index (κ2) is 11.7. The fraction of sp³-hybridized carbons (Fsp3) is 0.818. The number of ether oxygens (including phenoxy) is 2. The molecule has 78 valence electrons. The van der Waals surface area contributed by atoms with E-state index in [-0.39, 0.29) is 0 Å². The van der Waals surface area contributed by atoms with Gasteiger partial charge in [0, 0.05) is 6.61 Å². The third-order valence-corrected chi connectivity index (χ3v) is 1.75. The van der Waals surface area contributed by atoms with Crippen molar-refractivity contribution in [2.45, 2.75) is 32.6 Å². The Balaban J connectivity index is 2.79. The SMILES string of the molecule is C=CCOCCOCCCCCC. The minimum Gasteiger partial charge on any atom is -0.379 e. The smallest absolute Gasteiger partial charge is 0.0704 e. The molecule has 0 saturated heterocycles. The number of hydrogen-bond donors (Lipinski definition) is 0. The van der Waals surface area contributed by atoms with Crippen molar-refractivity contribution in [3.8, 4) is 0 Å². The lowest BCUT2D eigenvalue weighted by molar-refractivity contribution is 0.0567. The molecule has 0 rings (SSSR count). The van der Waals surface area contributed by atoms with Crippen LogP contribution in [0.1, 0.15) is 32.6 Å². The molecule has 0 atom stereocenters. The van der Waals surface area contributed by atoms with E-state index in [0.29, 0.717) is 19.8 Å². The fourth-order valence-corrected chi connectivity index (χ4v) is 1.02. The molecule has 0 saturated carbocycles. The molecule has 0 aromatic heterocycles. The van der Waals surface area contributed by atoms with E-state index in [2.05, 4.69) is 13.5 Å². The summed E-state index contributed by atoms with van der Waals surface area (Å²) in [5, 5.41) is 0. The molecule has 0 bridgehead atoms. The number of rotatable bonds is 10. The molecule has 0 aromatic carbocycles. The van der Waals surface area contributed by atoms with Crippen LogP contribution in [-0.4, -0.2) is 26.4 Å². The Morgan fingerprint density at radius 2 is 1.77 bits per heavy atom. The van der Waals surface area contributed by atoms with Crippen LogP contribution in [0.3, 0.4) is 0 Å². The highest BCUT2D eigenvalue weighted by molar-refractivity contribution is 4.63. The topological polar surface area (TPSA) is 18.5 Å². The Morgan fingerprint density at radius 3 is 2.46 bits per heavy atom. The second-order valence-corrected chi connectivity index (χ2v) is 3.04. The van der Waals surface area contributed by atoms with E-state index >= 15 is 0 Å². The number of unbranched alkanes of at least 4 members (excludes halogenated alkanes) is 3. The first-order valence-electron chi connectivity index (χ1n) is 5.18. The molecular formula is C11H22O2. The van der Waals surface area contributed by atoms with Gasteiger partial charge in [-0.2, -0.15) is 0 Å². The Labute approximate surface area is 81.9 Å². The number of hydrogen-bond acceptors (Lipinski definition) is 2. The maximum absolute atomic E-state index is 5.37. The molecule has 2 heteroatoms. The summed E-state index contributed by atoms with van der Waals surface area (Å²) in [5.74, 6) is 0. The average Bonchev–Trinajstić information content (AvgIpc) is 2.16. The van der Waals surface area contributed by atoms with E-state index in [9.17, 15) is 0 Å². The van der Waals surface area contributed by atoms with Gasteiger partial charge in [0.25, 0.3) is 0 Å². The monoisotopic (exact) mass is 186 g/mol. The van der Waals surface area contributed by atoms with Gasteiger partial charge in [-0.15, -0.1) is 6.58 Å². The van der Waals surface area contributed by atoms with Gasteiger partial charge in [-0.1, -0.05) is 32.3 Å². The quantitative estimate of drug-likeness (QED) is 0.386. The Kier molecular flexibility index (Phi) is 11.4. The summed E-state index contributed by atoms with van der Waals surface area (Å²) in [6, 6.07) is 0. The van der Waals surface area contributed by atoms with Crippen molar-refractivity contribution in [2.75, 3.05) is 26.4 Å². The molecule has 0 aliphatic heterocycles. The molecule has 0 aliphatic rings. The lowest BCUT2D eigenvalue weighted by Gasteiger charge is -2.03. The molecule has 0 N–H and O–H groups in total. The van der Waals surface area contributed by atoms with Gasteiger partial charge in [0.05, 0.1) is 19.8 Å². The minimum absolute atomic E-state index is 0.624. The Bertz CT molecular complexity index is 102. The molecule has 2 nitrogen and oxygen atoms in total. The molecule has 0 unspecified atom stereocenters. The minimum atomic E-state index is 0.624. The van der Waals surface area contributed by atoms with Crippen LogP contribution in [0.4, 0.5) is 0 Å². The molecule has 13 heavy (non-hydrogen) atoms. The molecule has 0 amide bonds. The van der Waals surface area contributed by atoms with Gasteiger partial charge >= 0.3 is 0 Å². The van der Waals surface area contributed by atoms with Crippen molar-refractivity contribution in [3.63, 3.8) is 0 Å². The fourth-order valence-electron chi connectivity index (χ4n) is 1.02. The average molecular weight is 186 g/mol. The second-order valence-electron chi connectivity index (χ2n) is 3.04. The molecule has 0 fully saturated rings. The largest absolute Gasteiger partial charge is 0.379 e. The summed E-state index contributed by atoms with van der Waals surface area (Å²) in [4.78, 5) is 0. The van der Waals surface area contributed by atoms with Crippen LogP contribution in [-0.2, 0) is 9.47 Å². The van der Waals surface area contributed by atoms with Crippen molar-refractivity contribution in [3.05, 3.63) is 12.7 Å². The zero-order valence-electron chi connectivity index (χ0n) is 8.76. The third kappa shape index (κ3) is 11.7. The summed E-state index contributed by atoms with van der Waals surface area (Å²) in [6.45, 7) is 8.66. The van der Waals surface area contributed by atoms with Gasteiger partial charge in [-0.3, -0.25) is 0 Å².